The Kier molecular flexibility index (Phi) is 4.69. The maximum atomic E-state index is 15.1. The number of rotatable bonds is 5. The molecule has 2 heterocycles. The van der Waals surface area contributed by atoms with E-state index in [1.807, 2.05) is 19.1 Å². The number of halogens is 1. The van der Waals surface area contributed by atoms with Crippen LogP contribution in [0.1, 0.15) is 11.1 Å². The van der Waals surface area contributed by atoms with Crippen molar-refractivity contribution in [2.45, 2.75) is 18.4 Å². The SMILES string of the molecule is CNCc1cn(S(=O)(=O)c2cccnc2)c(-c2ccccc2C)c1F. The van der Waals surface area contributed by atoms with Gasteiger partial charge in [-0.05, 0) is 31.7 Å². The van der Waals surface area contributed by atoms with Gasteiger partial charge in [0.2, 0.25) is 0 Å². The van der Waals surface area contributed by atoms with E-state index in [1.165, 1.54) is 30.7 Å². The Labute approximate surface area is 146 Å². The van der Waals surface area contributed by atoms with Crippen molar-refractivity contribution >= 4 is 10.0 Å². The van der Waals surface area contributed by atoms with Crippen molar-refractivity contribution in [2.75, 3.05) is 7.05 Å². The minimum absolute atomic E-state index is 0.0100. The van der Waals surface area contributed by atoms with Crippen molar-refractivity contribution in [3.05, 3.63) is 71.9 Å². The van der Waals surface area contributed by atoms with Crippen molar-refractivity contribution in [2.24, 2.45) is 0 Å². The molecule has 5 nitrogen and oxygen atoms in total. The first-order valence-electron chi connectivity index (χ1n) is 7.72. The summed E-state index contributed by atoms with van der Waals surface area (Å²) in [6.07, 6.45) is 4.08. The lowest BCUT2D eigenvalue weighted by Gasteiger charge is -2.12. The number of aromatic nitrogens is 2. The monoisotopic (exact) mass is 359 g/mol. The summed E-state index contributed by atoms with van der Waals surface area (Å²) in [5, 5.41) is 2.86. The molecule has 0 atom stereocenters. The molecule has 25 heavy (non-hydrogen) atoms. The van der Waals surface area contributed by atoms with Crippen LogP contribution in [0, 0.1) is 12.7 Å². The van der Waals surface area contributed by atoms with Crippen molar-refractivity contribution < 1.29 is 12.8 Å². The molecule has 0 aliphatic carbocycles. The summed E-state index contributed by atoms with van der Waals surface area (Å²) in [6.45, 7) is 2.04. The Hall–Kier alpha value is -2.51. The zero-order chi connectivity index (χ0) is 18.0. The van der Waals surface area contributed by atoms with Crippen LogP contribution in [0.4, 0.5) is 4.39 Å². The zero-order valence-corrected chi connectivity index (χ0v) is 14.7. The summed E-state index contributed by atoms with van der Waals surface area (Å²) in [7, 11) is -2.29. The fraction of sp³-hybridized carbons (Fsp3) is 0.167. The second-order valence-corrected chi connectivity index (χ2v) is 7.47. The molecule has 1 N–H and O–H groups in total. The van der Waals surface area contributed by atoms with Crippen molar-refractivity contribution in [3.63, 3.8) is 0 Å². The molecule has 3 rings (SSSR count). The molecule has 2 aromatic heterocycles. The predicted octanol–water partition coefficient (Wildman–Crippen LogP) is 2.95. The van der Waals surface area contributed by atoms with Gasteiger partial charge in [0.1, 0.15) is 10.6 Å². The smallest absolute Gasteiger partial charge is 0.269 e. The number of hydrogen-bond donors (Lipinski definition) is 1. The van der Waals surface area contributed by atoms with E-state index >= 15 is 4.39 Å². The first-order valence-corrected chi connectivity index (χ1v) is 9.16. The van der Waals surface area contributed by atoms with Crippen molar-refractivity contribution in [1.29, 1.82) is 0 Å². The molecular formula is C18H18FN3O2S. The number of pyridine rings is 1. The summed E-state index contributed by atoms with van der Waals surface area (Å²) in [5.74, 6) is -0.545. The van der Waals surface area contributed by atoms with E-state index in [2.05, 4.69) is 10.3 Å². The summed E-state index contributed by atoms with van der Waals surface area (Å²) >= 11 is 0. The van der Waals surface area contributed by atoms with Crippen LogP contribution in [0.5, 0.6) is 0 Å². The van der Waals surface area contributed by atoms with Crippen LogP contribution in [-0.2, 0) is 16.6 Å². The fourth-order valence-electron chi connectivity index (χ4n) is 2.70. The number of hydrogen-bond acceptors (Lipinski definition) is 4. The van der Waals surface area contributed by atoms with E-state index in [0.717, 1.165) is 9.54 Å². The minimum Gasteiger partial charge on any atom is -0.316 e. The molecule has 130 valence electrons. The molecule has 1 aromatic carbocycles. The Balaban J connectivity index is 2.30. The molecule has 0 amide bonds. The van der Waals surface area contributed by atoms with Gasteiger partial charge in [0.15, 0.2) is 5.82 Å². The van der Waals surface area contributed by atoms with E-state index in [-0.39, 0.29) is 22.7 Å². The Morgan fingerprint density at radius 3 is 2.60 bits per heavy atom. The van der Waals surface area contributed by atoms with Crippen LogP contribution >= 0.6 is 0 Å². The minimum atomic E-state index is -3.97. The topological polar surface area (TPSA) is 64.0 Å². The van der Waals surface area contributed by atoms with Crippen LogP contribution < -0.4 is 5.32 Å². The Bertz CT molecular complexity index is 998. The fourth-order valence-corrected chi connectivity index (χ4v) is 4.06. The van der Waals surface area contributed by atoms with Crippen molar-refractivity contribution in [1.82, 2.24) is 14.3 Å². The van der Waals surface area contributed by atoms with E-state index in [1.54, 1.807) is 19.2 Å². The van der Waals surface area contributed by atoms with Crippen LogP contribution in [0.3, 0.4) is 0 Å². The van der Waals surface area contributed by atoms with Gasteiger partial charge in [0, 0.05) is 36.3 Å². The van der Waals surface area contributed by atoms with Gasteiger partial charge >= 0.3 is 0 Å². The molecule has 0 saturated heterocycles. The highest BCUT2D eigenvalue weighted by molar-refractivity contribution is 7.90. The number of nitrogens with zero attached hydrogens (tertiary/aromatic N) is 2. The van der Waals surface area contributed by atoms with E-state index in [9.17, 15) is 8.42 Å². The van der Waals surface area contributed by atoms with Gasteiger partial charge in [0.05, 0.1) is 0 Å². The summed E-state index contributed by atoms with van der Waals surface area (Å²) < 4.78 is 42.1. The third-order valence-electron chi connectivity index (χ3n) is 3.94. The molecule has 0 bridgehead atoms. The second-order valence-electron chi connectivity index (χ2n) is 5.65. The molecule has 0 fully saturated rings. The number of aryl methyl sites for hydroxylation is 1. The number of nitrogens with one attached hydrogen (secondary N) is 1. The predicted molar refractivity (Wildman–Crippen MR) is 94.1 cm³/mol. The van der Waals surface area contributed by atoms with Gasteiger partial charge < -0.3 is 5.32 Å². The molecule has 0 radical (unpaired) electrons. The van der Waals surface area contributed by atoms with Crippen LogP contribution in [-0.4, -0.2) is 24.4 Å². The van der Waals surface area contributed by atoms with Crippen molar-refractivity contribution in [3.8, 4) is 11.3 Å². The molecule has 0 aliphatic heterocycles. The highest BCUT2D eigenvalue weighted by Gasteiger charge is 2.27. The van der Waals surface area contributed by atoms with Gasteiger partial charge in [0.25, 0.3) is 10.0 Å². The number of benzene rings is 1. The Morgan fingerprint density at radius 1 is 1.20 bits per heavy atom. The highest BCUT2D eigenvalue weighted by Crippen LogP contribution is 2.32. The lowest BCUT2D eigenvalue weighted by atomic mass is 10.1. The third kappa shape index (κ3) is 3.08. The second kappa shape index (κ2) is 6.78. The maximum absolute atomic E-state index is 15.1. The van der Waals surface area contributed by atoms with Gasteiger partial charge in [-0.25, -0.2) is 16.8 Å². The van der Waals surface area contributed by atoms with E-state index in [0.29, 0.717) is 5.56 Å². The average molecular weight is 359 g/mol. The van der Waals surface area contributed by atoms with Gasteiger partial charge in [-0.3, -0.25) is 4.98 Å². The largest absolute Gasteiger partial charge is 0.316 e. The first-order chi connectivity index (χ1) is 12.0. The molecule has 0 spiro atoms. The molecule has 0 unspecified atom stereocenters. The zero-order valence-electron chi connectivity index (χ0n) is 13.9. The van der Waals surface area contributed by atoms with Crippen LogP contribution in [0.15, 0.2) is 59.9 Å². The lowest BCUT2D eigenvalue weighted by molar-refractivity contribution is 0.584. The standard InChI is InChI=1S/C18H18FN3O2S/c1-13-6-3-4-8-16(13)18-17(19)14(10-20-2)12-22(18)25(23,24)15-7-5-9-21-11-15/h3-9,11-12,20H,10H2,1-2H3. The Morgan fingerprint density at radius 2 is 1.96 bits per heavy atom. The molecule has 7 heteroatoms. The van der Waals surface area contributed by atoms with Gasteiger partial charge in [-0.1, -0.05) is 24.3 Å². The van der Waals surface area contributed by atoms with Crippen LogP contribution in [0.25, 0.3) is 11.3 Å². The van der Waals surface area contributed by atoms with E-state index in [4.69, 9.17) is 0 Å². The van der Waals surface area contributed by atoms with Gasteiger partial charge in [-0.15, -0.1) is 0 Å². The molecule has 0 aliphatic rings. The first kappa shape index (κ1) is 17.3. The summed E-state index contributed by atoms with van der Waals surface area (Å²) in [5.41, 5.74) is 1.65. The van der Waals surface area contributed by atoms with Crippen LogP contribution in [0.2, 0.25) is 0 Å². The third-order valence-corrected chi connectivity index (χ3v) is 5.59. The quantitative estimate of drug-likeness (QED) is 0.761. The average Bonchev–Trinajstić information content (AvgIpc) is 2.94. The highest BCUT2D eigenvalue weighted by atomic mass is 32.2. The molecule has 0 saturated carbocycles. The lowest BCUT2D eigenvalue weighted by Crippen LogP contribution is -2.14. The molecular weight excluding hydrogens is 341 g/mol. The summed E-state index contributed by atoms with van der Waals surface area (Å²) in [6, 6.07) is 10.1. The normalized spacial score (nSPS) is 11.6. The maximum Gasteiger partial charge on any atom is 0.269 e. The van der Waals surface area contributed by atoms with E-state index < -0.39 is 15.8 Å². The van der Waals surface area contributed by atoms with Gasteiger partial charge in [-0.2, -0.15) is 0 Å². The summed E-state index contributed by atoms with van der Waals surface area (Å²) in [4.78, 5) is 3.87. The molecule has 3 aromatic rings.